The molecule has 2 atom stereocenters. The van der Waals surface area contributed by atoms with E-state index in [1.54, 1.807) is 0 Å². The number of carbonyl (C=O) groups excluding carboxylic acids is 1. The number of halogens is 2. The molecule has 0 amide bonds. The van der Waals surface area contributed by atoms with Crippen LogP contribution in [0.15, 0.2) is 42.5 Å². The SMILES string of the molecule is O=C(C1CCCCC1)C(C1CCc2ccccc2N1)N1CCN(Cc2cc(Cl)ccc2Cl)CC1. The molecule has 4 nitrogen and oxygen atoms in total. The standard InChI is InChI=1S/C28H35Cl2N3O/c29-23-11-12-24(30)22(18-23)19-32-14-16-33(17-15-32)27(28(34)21-7-2-1-3-8-21)26-13-10-20-6-4-5-9-25(20)31-26/h4-6,9,11-12,18,21,26-27,31H,1-3,7-8,10,13-17,19H2. The average molecular weight is 501 g/mol. The summed E-state index contributed by atoms with van der Waals surface area (Å²) in [6.07, 6.45) is 7.83. The number of para-hydroxylation sites is 1. The number of nitrogens with one attached hydrogen (secondary N) is 1. The Morgan fingerprint density at radius 1 is 0.971 bits per heavy atom. The van der Waals surface area contributed by atoms with Gasteiger partial charge in [-0.15, -0.1) is 0 Å². The number of benzene rings is 2. The second-order valence-corrected chi connectivity index (χ2v) is 11.0. The van der Waals surface area contributed by atoms with Crippen LogP contribution in [0.3, 0.4) is 0 Å². The van der Waals surface area contributed by atoms with Crippen LogP contribution in [0.25, 0.3) is 0 Å². The van der Waals surface area contributed by atoms with Gasteiger partial charge in [0.15, 0.2) is 5.78 Å². The zero-order chi connectivity index (χ0) is 23.5. The van der Waals surface area contributed by atoms with Crippen LogP contribution in [0.4, 0.5) is 5.69 Å². The van der Waals surface area contributed by atoms with Crippen molar-refractivity contribution in [1.82, 2.24) is 9.80 Å². The lowest BCUT2D eigenvalue weighted by atomic mass is 9.80. The monoisotopic (exact) mass is 499 g/mol. The van der Waals surface area contributed by atoms with Gasteiger partial charge >= 0.3 is 0 Å². The fourth-order valence-electron chi connectivity index (χ4n) is 6.07. The summed E-state index contributed by atoms with van der Waals surface area (Å²) in [5.74, 6) is 0.698. The first-order chi connectivity index (χ1) is 16.6. The van der Waals surface area contributed by atoms with Crippen LogP contribution in [-0.2, 0) is 17.8 Å². The number of rotatable bonds is 6. The molecule has 1 N–H and O–H groups in total. The van der Waals surface area contributed by atoms with Crippen LogP contribution in [-0.4, -0.2) is 53.8 Å². The lowest BCUT2D eigenvalue weighted by Crippen LogP contribution is -2.59. The van der Waals surface area contributed by atoms with E-state index in [0.717, 1.165) is 74.0 Å². The van der Waals surface area contributed by atoms with E-state index in [1.807, 2.05) is 18.2 Å². The molecule has 182 valence electrons. The maximum atomic E-state index is 13.9. The number of fused-ring (bicyclic) bond motifs is 1. The van der Waals surface area contributed by atoms with Gasteiger partial charge in [0.1, 0.15) is 0 Å². The average Bonchev–Trinajstić information content (AvgIpc) is 2.88. The van der Waals surface area contributed by atoms with Crippen molar-refractivity contribution in [2.45, 2.75) is 63.6 Å². The maximum Gasteiger partial charge on any atom is 0.155 e. The molecule has 1 aliphatic carbocycles. The van der Waals surface area contributed by atoms with Crippen molar-refractivity contribution in [1.29, 1.82) is 0 Å². The third-order valence-electron chi connectivity index (χ3n) is 7.97. The van der Waals surface area contributed by atoms with E-state index in [-0.39, 0.29) is 18.0 Å². The van der Waals surface area contributed by atoms with E-state index in [9.17, 15) is 4.79 Å². The summed E-state index contributed by atoms with van der Waals surface area (Å²) in [5, 5.41) is 5.26. The maximum absolute atomic E-state index is 13.9. The molecule has 2 fully saturated rings. The van der Waals surface area contributed by atoms with Crippen LogP contribution in [0, 0.1) is 5.92 Å². The first-order valence-electron chi connectivity index (χ1n) is 12.9. The van der Waals surface area contributed by atoms with Gasteiger partial charge in [-0.2, -0.15) is 0 Å². The molecule has 3 aliphatic rings. The lowest BCUT2D eigenvalue weighted by Gasteiger charge is -2.44. The molecule has 34 heavy (non-hydrogen) atoms. The van der Waals surface area contributed by atoms with Gasteiger partial charge in [-0.1, -0.05) is 60.7 Å². The second kappa shape index (κ2) is 11.0. The molecular formula is C28H35Cl2N3O. The van der Waals surface area contributed by atoms with Gasteiger partial charge < -0.3 is 5.32 Å². The predicted molar refractivity (Wildman–Crippen MR) is 141 cm³/mol. The predicted octanol–water partition coefficient (Wildman–Crippen LogP) is 6.06. The summed E-state index contributed by atoms with van der Waals surface area (Å²) in [6, 6.07) is 14.4. The Balaban J connectivity index is 1.30. The van der Waals surface area contributed by atoms with Crippen molar-refractivity contribution < 1.29 is 4.79 Å². The van der Waals surface area contributed by atoms with E-state index < -0.39 is 0 Å². The second-order valence-electron chi connectivity index (χ2n) is 10.2. The van der Waals surface area contributed by atoms with Gasteiger partial charge in [-0.25, -0.2) is 0 Å². The minimum absolute atomic E-state index is 0.0478. The fraction of sp³-hybridized carbons (Fsp3) is 0.536. The number of aryl methyl sites for hydroxylation is 1. The van der Waals surface area contributed by atoms with Crippen LogP contribution in [0.2, 0.25) is 10.0 Å². The summed E-state index contributed by atoms with van der Waals surface area (Å²) in [5.41, 5.74) is 3.64. The van der Waals surface area contributed by atoms with Gasteiger partial charge in [-0.3, -0.25) is 14.6 Å². The minimum Gasteiger partial charge on any atom is -0.380 e. The van der Waals surface area contributed by atoms with Crippen LogP contribution >= 0.6 is 23.2 Å². The van der Waals surface area contributed by atoms with Gasteiger partial charge in [0.25, 0.3) is 0 Å². The Labute approximate surface area is 213 Å². The van der Waals surface area contributed by atoms with Crippen LogP contribution in [0.5, 0.6) is 0 Å². The Bertz CT molecular complexity index is 999. The quantitative estimate of drug-likeness (QED) is 0.524. The normalized spacial score (nSPS) is 23.2. The Kier molecular flexibility index (Phi) is 7.80. The number of piperazine rings is 1. The zero-order valence-electron chi connectivity index (χ0n) is 19.8. The van der Waals surface area contributed by atoms with Gasteiger partial charge in [-0.05, 0) is 61.1 Å². The highest BCUT2D eigenvalue weighted by atomic mass is 35.5. The van der Waals surface area contributed by atoms with E-state index in [2.05, 4.69) is 39.4 Å². The Hall–Kier alpha value is -1.59. The molecule has 2 aromatic rings. The molecule has 5 rings (SSSR count). The third-order valence-corrected chi connectivity index (χ3v) is 8.57. The number of carbonyl (C=O) groups is 1. The molecular weight excluding hydrogens is 465 g/mol. The summed E-state index contributed by atoms with van der Waals surface area (Å²) < 4.78 is 0. The molecule has 1 saturated carbocycles. The largest absolute Gasteiger partial charge is 0.380 e. The molecule has 2 heterocycles. The first-order valence-corrected chi connectivity index (χ1v) is 13.6. The topological polar surface area (TPSA) is 35.6 Å². The smallest absolute Gasteiger partial charge is 0.155 e. The highest BCUT2D eigenvalue weighted by Crippen LogP contribution is 2.32. The van der Waals surface area contributed by atoms with Gasteiger partial charge in [0.05, 0.1) is 6.04 Å². The van der Waals surface area contributed by atoms with Crippen molar-refractivity contribution >= 4 is 34.7 Å². The molecule has 0 spiro atoms. The zero-order valence-corrected chi connectivity index (χ0v) is 21.3. The van der Waals surface area contributed by atoms with Crippen molar-refractivity contribution in [2.24, 2.45) is 5.92 Å². The van der Waals surface area contributed by atoms with Gasteiger partial charge in [0.2, 0.25) is 0 Å². The van der Waals surface area contributed by atoms with Crippen molar-refractivity contribution in [2.75, 3.05) is 31.5 Å². The molecule has 2 aromatic carbocycles. The highest BCUT2D eigenvalue weighted by Gasteiger charge is 2.40. The Morgan fingerprint density at radius 3 is 2.53 bits per heavy atom. The van der Waals surface area contributed by atoms with E-state index >= 15 is 0 Å². The minimum atomic E-state index is -0.0478. The highest BCUT2D eigenvalue weighted by molar-refractivity contribution is 6.33. The molecule has 6 heteroatoms. The number of nitrogens with zero attached hydrogens (tertiary/aromatic N) is 2. The number of ketones is 1. The molecule has 2 aliphatic heterocycles. The molecule has 0 bridgehead atoms. The van der Waals surface area contributed by atoms with E-state index in [4.69, 9.17) is 23.2 Å². The number of hydrogen-bond donors (Lipinski definition) is 1. The summed E-state index contributed by atoms with van der Waals surface area (Å²) in [7, 11) is 0. The Morgan fingerprint density at radius 2 is 1.74 bits per heavy atom. The van der Waals surface area contributed by atoms with Crippen LogP contribution in [0.1, 0.15) is 49.7 Å². The van der Waals surface area contributed by atoms with Crippen molar-refractivity contribution in [3.8, 4) is 0 Å². The number of Topliss-reactive ketones (excluding diaryl/α,β-unsaturated/α-hetero) is 1. The van der Waals surface area contributed by atoms with Crippen molar-refractivity contribution in [3.63, 3.8) is 0 Å². The molecule has 1 saturated heterocycles. The summed E-state index contributed by atoms with van der Waals surface area (Å²) in [4.78, 5) is 18.8. The number of anilines is 1. The van der Waals surface area contributed by atoms with E-state index in [0.29, 0.717) is 5.78 Å². The molecule has 0 radical (unpaired) electrons. The molecule has 2 unspecified atom stereocenters. The van der Waals surface area contributed by atoms with Gasteiger partial charge in [0, 0.05) is 60.4 Å². The number of hydrogen-bond acceptors (Lipinski definition) is 4. The molecule has 0 aromatic heterocycles. The lowest BCUT2D eigenvalue weighted by molar-refractivity contribution is -0.130. The first kappa shape index (κ1) is 24.1. The summed E-state index contributed by atoms with van der Waals surface area (Å²) >= 11 is 12.6. The van der Waals surface area contributed by atoms with E-state index in [1.165, 1.54) is 30.5 Å². The summed E-state index contributed by atoms with van der Waals surface area (Å²) in [6.45, 7) is 4.47. The fourth-order valence-corrected chi connectivity index (χ4v) is 6.44. The van der Waals surface area contributed by atoms with Crippen LogP contribution < -0.4 is 5.32 Å². The third kappa shape index (κ3) is 5.46. The van der Waals surface area contributed by atoms with Crippen molar-refractivity contribution in [3.05, 3.63) is 63.6 Å².